The van der Waals surface area contributed by atoms with Crippen molar-refractivity contribution in [2.24, 2.45) is 0 Å². The van der Waals surface area contributed by atoms with Gasteiger partial charge in [-0.15, -0.1) is 0 Å². The summed E-state index contributed by atoms with van der Waals surface area (Å²) in [5, 5.41) is 6.27. The van der Waals surface area contributed by atoms with Gasteiger partial charge in [0.05, 0.1) is 0 Å². The first-order valence-electron chi connectivity index (χ1n) is 7.51. The number of benzene rings is 1. The van der Waals surface area contributed by atoms with Gasteiger partial charge in [0, 0.05) is 31.2 Å². The Morgan fingerprint density at radius 2 is 2.00 bits per heavy atom. The van der Waals surface area contributed by atoms with E-state index in [9.17, 15) is 9.59 Å². The van der Waals surface area contributed by atoms with Crippen molar-refractivity contribution in [2.45, 2.75) is 31.3 Å². The fourth-order valence-electron chi connectivity index (χ4n) is 2.82. The Labute approximate surface area is 124 Å². The quantitative estimate of drug-likeness (QED) is 0.863. The molecule has 1 saturated heterocycles. The molecule has 1 heterocycles. The first-order valence-corrected chi connectivity index (χ1v) is 7.51. The summed E-state index contributed by atoms with van der Waals surface area (Å²) in [5.41, 5.74) is -0.0606. The maximum Gasteiger partial charge on any atom is 0.252 e. The Balaban J connectivity index is 1.67. The molecule has 0 radical (unpaired) electrons. The lowest BCUT2D eigenvalue weighted by Gasteiger charge is -2.34. The van der Waals surface area contributed by atoms with E-state index in [0.29, 0.717) is 24.7 Å². The van der Waals surface area contributed by atoms with Gasteiger partial charge in [-0.2, -0.15) is 0 Å². The normalized spacial score (nSPS) is 23.5. The molecule has 21 heavy (non-hydrogen) atoms. The van der Waals surface area contributed by atoms with Crippen molar-refractivity contribution in [1.82, 2.24) is 15.5 Å². The number of nitrogens with one attached hydrogen (secondary N) is 2. The first kappa shape index (κ1) is 14.1. The second kappa shape index (κ2) is 5.48. The number of amides is 2. The number of rotatable bonds is 3. The zero-order chi connectivity index (χ0) is 14.9. The molecule has 1 aromatic carbocycles. The smallest absolute Gasteiger partial charge is 0.252 e. The highest BCUT2D eigenvalue weighted by Gasteiger charge is 2.53. The van der Waals surface area contributed by atoms with E-state index >= 15 is 0 Å². The lowest BCUT2D eigenvalue weighted by atomic mass is 10.1. The van der Waals surface area contributed by atoms with Gasteiger partial charge in [0.25, 0.3) is 5.91 Å². The molecule has 0 aromatic heterocycles. The Hall–Kier alpha value is -1.88. The summed E-state index contributed by atoms with van der Waals surface area (Å²) in [6.07, 6.45) is 1.48. The molecule has 5 heteroatoms. The van der Waals surface area contributed by atoms with Crippen molar-refractivity contribution >= 4 is 11.8 Å². The number of nitrogens with zero attached hydrogens (tertiary/aromatic N) is 1. The maximum absolute atomic E-state index is 12.7. The Kier molecular flexibility index (Phi) is 3.68. The molecular formula is C16H21N3O2. The highest BCUT2D eigenvalue weighted by Crippen LogP contribution is 2.37. The van der Waals surface area contributed by atoms with Gasteiger partial charge in [0.2, 0.25) is 5.91 Å². The van der Waals surface area contributed by atoms with Crippen molar-refractivity contribution in [3.05, 3.63) is 35.9 Å². The van der Waals surface area contributed by atoms with Gasteiger partial charge < -0.3 is 15.5 Å². The van der Waals surface area contributed by atoms with E-state index in [4.69, 9.17) is 0 Å². The topological polar surface area (TPSA) is 61.4 Å². The highest BCUT2D eigenvalue weighted by molar-refractivity contribution is 6.00. The average Bonchev–Trinajstić information content (AvgIpc) is 3.28. The van der Waals surface area contributed by atoms with Gasteiger partial charge >= 0.3 is 0 Å². The molecule has 1 saturated carbocycles. The largest absolute Gasteiger partial charge is 0.338 e. The molecule has 1 aliphatic carbocycles. The summed E-state index contributed by atoms with van der Waals surface area (Å²) >= 11 is 0. The third-order valence-corrected chi connectivity index (χ3v) is 4.20. The van der Waals surface area contributed by atoms with E-state index in [1.54, 1.807) is 12.1 Å². The number of carbonyl (C=O) groups is 2. The minimum Gasteiger partial charge on any atom is -0.338 e. The van der Waals surface area contributed by atoms with Crippen LogP contribution in [0.25, 0.3) is 0 Å². The van der Waals surface area contributed by atoms with Crippen LogP contribution >= 0.6 is 0 Å². The molecule has 0 bridgehead atoms. The summed E-state index contributed by atoms with van der Waals surface area (Å²) in [5.74, 6) is -0.0928. The molecule has 112 valence electrons. The van der Waals surface area contributed by atoms with Crippen LogP contribution in [0.15, 0.2) is 30.3 Å². The van der Waals surface area contributed by atoms with Gasteiger partial charge in [0.1, 0.15) is 5.54 Å². The van der Waals surface area contributed by atoms with E-state index in [0.717, 1.165) is 19.4 Å². The van der Waals surface area contributed by atoms with Crippen LogP contribution < -0.4 is 10.6 Å². The van der Waals surface area contributed by atoms with Crippen LogP contribution in [0, 0.1) is 0 Å². The van der Waals surface area contributed by atoms with E-state index in [1.807, 2.05) is 23.1 Å². The molecule has 2 amide bonds. The maximum atomic E-state index is 12.7. The second-order valence-corrected chi connectivity index (χ2v) is 6.01. The predicted octanol–water partition coefficient (Wildman–Crippen LogP) is 0.769. The molecule has 2 aliphatic rings. The van der Waals surface area contributed by atoms with Crippen molar-refractivity contribution in [2.75, 3.05) is 19.6 Å². The predicted molar refractivity (Wildman–Crippen MR) is 79.9 cm³/mol. The molecule has 2 fully saturated rings. The van der Waals surface area contributed by atoms with Gasteiger partial charge in [-0.3, -0.25) is 9.59 Å². The molecule has 1 atom stereocenters. The summed E-state index contributed by atoms with van der Waals surface area (Å²) in [6.45, 7) is 4.31. The van der Waals surface area contributed by atoms with Crippen LogP contribution in [-0.2, 0) is 4.79 Å². The van der Waals surface area contributed by atoms with E-state index < -0.39 is 5.54 Å². The van der Waals surface area contributed by atoms with E-state index in [2.05, 4.69) is 17.6 Å². The fraction of sp³-hybridized carbons (Fsp3) is 0.500. The van der Waals surface area contributed by atoms with E-state index in [1.165, 1.54) is 0 Å². The van der Waals surface area contributed by atoms with Crippen LogP contribution in [0.2, 0.25) is 0 Å². The molecule has 0 unspecified atom stereocenters. The van der Waals surface area contributed by atoms with Crippen LogP contribution in [0.1, 0.15) is 30.1 Å². The van der Waals surface area contributed by atoms with Crippen molar-refractivity contribution < 1.29 is 9.59 Å². The lowest BCUT2D eigenvalue weighted by molar-refractivity contribution is -0.135. The van der Waals surface area contributed by atoms with Gasteiger partial charge in [-0.25, -0.2) is 0 Å². The second-order valence-electron chi connectivity index (χ2n) is 6.01. The van der Waals surface area contributed by atoms with Gasteiger partial charge in [-0.05, 0) is 31.9 Å². The molecule has 0 spiro atoms. The fourth-order valence-corrected chi connectivity index (χ4v) is 2.82. The molecular weight excluding hydrogens is 266 g/mol. The summed E-state index contributed by atoms with van der Waals surface area (Å²) in [7, 11) is 0. The Bertz CT molecular complexity index is 540. The van der Waals surface area contributed by atoms with Crippen molar-refractivity contribution in [3.8, 4) is 0 Å². The molecule has 1 aromatic rings. The number of piperazine rings is 1. The molecule has 3 rings (SSSR count). The monoisotopic (exact) mass is 287 g/mol. The Morgan fingerprint density at radius 1 is 1.29 bits per heavy atom. The highest BCUT2D eigenvalue weighted by atomic mass is 16.2. The summed E-state index contributed by atoms with van der Waals surface area (Å²) in [6, 6.07) is 9.37. The zero-order valence-electron chi connectivity index (χ0n) is 12.3. The van der Waals surface area contributed by atoms with Crippen LogP contribution in [0.4, 0.5) is 0 Å². The van der Waals surface area contributed by atoms with Gasteiger partial charge in [0.15, 0.2) is 0 Å². The minimum absolute atomic E-state index is 0.0696. The molecule has 5 nitrogen and oxygen atoms in total. The van der Waals surface area contributed by atoms with E-state index in [-0.39, 0.29) is 11.8 Å². The molecule has 2 N–H and O–H groups in total. The van der Waals surface area contributed by atoms with Crippen molar-refractivity contribution in [3.63, 3.8) is 0 Å². The van der Waals surface area contributed by atoms with Crippen LogP contribution in [0.3, 0.4) is 0 Å². The standard InChI is InChI=1S/C16H21N3O2/c1-12-11-19(10-9-17-12)15(21)16(7-8-16)18-14(20)13-5-3-2-4-6-13/h2-6,12,17H,7-11H2,1H3,(H,18,20)/t12-/m0/s1. The minimum atomic E-state index is -0.663. The summed E-state index contributed by atoms with van der Waals surface area (Å²) in [4.78, 5) is 26.8. The third-order valence-electron chi connectivity index (χ3n) is 4.20. The van der Waals surface area contributed by atoms with Crippen LogP contribution in [-0.4, -0.2) is 47.9 Å². The third kappa shape index (κ3) is 2.93. The van der Waals surface area contributed by atoms with Crippen LogP contribution in [0.5, 0.6) is 0 Å². The Morgan fingerprint density at radius 3 is 2.62 bits per heavy atom. The number of hydrogen-bond donors (Lipinski definition) is 2. The number of carbonyl (C=O) groups excluding carboxylic acids is 2. The lowest BCUT2D eigenvalue weighted by Crippen LogP contribution is -2.57. The first-order chi connectivity index (χ1) is 10.1. The summed E-state index contributed by atoms with van der Waals surface area (Å²) < 4.78 is 0. The van der Waals surface area contributed by atoms with Gasteiger partial charge in [-0.1, -0.05) is 18.2 Å². The SMILES string of the molecule is C[C@H]1CN(C(=O)C2(NC(=O)c3ccccc3)CC2)CCN1. The molecule has 1 aliphatic heterocycles. The van der Waals surface area contributed by atoms with Crippen molar-refractivity contribution in [1.29, 1.82) is 0 Å². The number of hydrogen-bond acceptors (Lipinski definition) is 3. The zero-order valence-corrected chi connectivity index (χ0v) is 12.3. The average molecular weight is 287 g/mol.